The van der Waals surface area contributed by atoms with E-state index in [1.807, 2.05) is 31.2 Å². The van der Waals surface area contributed by atoms with Gasteiger partial charge < -0.3 is 19.5 Å². The van der Waals surface area contributed by atoms with E-state index in [0.29, 0.717) is 28.6 Å². The SMILES string of the molecule is COc1ccc(N2CCN(Cc3nc(-c4ccc(C(F)(F)F)cc4)sc3CSc3ccc(OC(C)(C)C(=O)O)c(C)c3)CC2)cc1. The summed E-state index contributed by atoms with van der Waals surface area (Å²) in [5.41, 5.74) is 1.50. The lowest BCUT2D eigenvalue weighted by Crippen LogP contribution is -2.46. The predicted octanol–water partition coefficient (Wildman–Crippen LogP) is 8.00. The Bertz CT molecular complexity index is 1650. The van der Waals surface area contributed by atoms with Crippen molar-refractivity contribution in [2.24, 2.45) is 0 Å². The van der Waals surface area contributed by atoms with Crippen LogP contribution in [0.3, 0.4) is 0 Å². The van der Waals surface area contributed by atoms with E-state index in [1.54, 1.807) is 24.9 Å². The molecular formula is C34H36F3N3O4S2. The van der Waals surface area contributed by atoms with Crippen LogP contribution in [-0.4, -0.2) is 59.8 Å². The van der Waals surface area contributed by atoms with E-state index < -0.39 is 23.3 Å². The highest BCUT2D eigenvalue weighted by molar-refractivity contribution is 7.98. The molecule has 46 heavy (non-hydrogen) atoms. The summed E-state index contributed by atoms with van der Waals surface area (Å²) < 4.78 is 50.6. The maximum Gasteiger partial charge on any atom is 0.416 e. The molecule has 5 rings (SSSR count). The highest BCUT2D eigenvalue weighted by atomic mass is 32.2. The van der Waals surface area contributed by atoms with Gasteiger partial charge in [0, 0.05) is 59.5 Å². The number of carboxylic acids is 1. The van der Waals surface area contributed by atoms with Crippen molar-refractivity contribution < 1.29 is 32.5 Å². The van der Waals surface area contributed by atoms with E-state index in [9.17, 15) is 23.1 Å². The fraction of sp³-hybridized carbons (Fsp3) is 0.353. The van der Waals surface area contributed by atoms with Crippen LogP contribution >= 0.6 is 23.1 Å². The Balaban J connectivity index is 1.32. The van der Waals surface area contributed by atoms with Crippen LogP contribution in [0.4, 0.5) is 18.9 Å². The number of aromatic nitrogens is 1. The van der Waals surface area contributed by atoms with Gasteiger partial charge >= 0.3 is 12.1 Å². The summed E-state index contributed by atoms with van der Waals surface area (Å²) in [5, 5.41) is 10.1. The topological polar surface area (TPSA) is 75.1 Å². The van der Waals surface area contributed by atoms with Crippen molar-refractivity contribution in [2.45, 2.75) is 49.7 Å². The highest BCUT2D eigenvalue weighted by Gasteiger charge is 2.31. The number of ether oxygens (including phenoxy) is 2. The first-order valence-electron chi connectivity index (χ1n) is 14.8. The van der Waals surface area contributed by atoms with E-state index in [4.69, 9.17) is 14.5 Å². The first kappa shape index (κ1) is 33.6. The minimum atomic E-state index is -4.40. The second kappa shape index (κ2) is 13.9. The lowest BCUT2D eigenvalue weighted by atomic mass is 10.1. The minimum Gasteiger partial charge on any atom is -0.497 e. The van der Waals surface area contributed by atoms with E-state index in [-0.39, 0.29) is 0 Å². The molecule has 0 unspecified atom stereocenters. The van der Waals surface area contributed by atoms with Crippen LogP contribution in [-0.2, 0) is 23.3 Å². The molecule has 0 aliphatic carbocycles. The number of benzene rings is 3. The van der Waals surface area contributed by atoms with Gasteiger partial charge in [-0.2, -0.15) is 13.2 Å². The Morgan fingerprint density at radius 1 is 1.00 bits per heavy atom. The zero-order valence-corrected chi connectivity index (χ0v) is 27.7. The normalized spacial score (nSPS) is 14.4. The van der Waals surface area contributed by atoms with Gasteiger partial charge in [-0.25, -0.2) is 9.78 Å². The maximum absolute atomic E-state index is 13.2. The first-order chi connectivity index (χ1) is 21.8. The summed E-state index contributed by atoms with van der Waals surface area (Å²) in [7, 11) is 1.65. The molecule has 1 N–H and O–H groups in total. The Morgan fingerprint density at radius 2 is 1.67 bits per heavy atom. The number of alkyl halides is 3. The van der Waals surface area contributed by atoms with Gasteiger partial charge in [0.2, 0.25) is 0 Å². The zero-order chi connectivity index (χ0) is 33.1. The van der Waals surface area contributed by atoms with E-state index in [1.165, 1.54) is 37.3 Å². The number of rotatable bonds is 11. The van der Waals surface area contributed by atoms with Gasteiger partial charge in [-0.3, -0.25) is 4.90 Å². The summed E-state index contributed by atoms with van der Waals surface area (Å²) >= 11 is 3.13. The van der Waals surface area contributed by atoms with Crippen molar-refractivity contribution in [1.82, 2.24) is 9.88 Å². The largest absolute Gasteiger partial charge is 0.497 e. The van der Waals surface area contributed by atoms with Crippen LogP contribution in [0.2, 0.25) is 0 Å². The van der Waals surface area contributed by atoms with Crippen LogP contribution in [0.25, 0.3) is 10.6 Å². The molecule has 1 saturated heterocycles. The van der Waals surface area contributed by atoms with Crippen LogP contribution in [0.5, 0.6) is 11.5 Å². The number of hydrogen-bond donors (Lipinski definition) is 1. The Kier molecular flexibility index (Phi) is 10.2. The molecule has 1 aliphatic heterocycles. The van der Waals surface area contributed by atoms with Crippen LogP contribution < -0.4 is 14.4 Å². The van der Waals surface area contributed by atoms with Crippen molar-refractivity contribution in [2.75, 3.05) is 38.2 Å². The van der Waals surface area contributed by atoms with Crippen molar-refractivity contribution >= 4 is 34.8 Å². The second-order valence-corrected chi connectivity index (χ2v) is 13.7. The molecule has 0 amide bonds. The number of halogens is 3. The van der Waals surface area contributed by atoms with E-state index >= 15 is 0 Å². The molecule has 4 aromatic rings. The number of anilines is 1. The first-order valence-corrected chi connectivity index (χ1v) is 16.6. The van der Waals surface area contributed by atoms with Gasteiger partial charge in [0.1, 0.15) is 16.5 Å². The molecule has 244 valence electrons. The third kappa shape index (κ3) is 8.15. The minimum absolute atomic E-state index is 0.508. The average Bonchev–Trinajstić information content (AvgIpc) is 3.43. The molecule has 0 saturated carbocycles. The molecule has 1 aromatic heterocycles. The third-order valence-electron chi connectivity index (χ3n) is 7.82. The number of methoxy groups -OCH3 is 1. The van der Waals surface area contributed by atoms with Gasteiger partial charge in [-0.05, 0) is 80.9 Å². The van der Waals surface area contributed by atoms with Crippen molar-refractivity contribution in [1.29, 1.82) is 0 Å². The Morgan fingerprint density at radius 3 is 2.26 bits per heavy atom. The summed E-state index contributed by atoms with van der Waals surface area (Å²) in [4.78, 5) is 23.2. The molecule has 0 atom stereocenters. The molecule has 0 spiro atoms. The molecule has 2 heterocycles. The standard InChI is InChI=1S/C34H36F3N3O4S2/c1-22-19-27(13-14-29(22)44-33(2,3)32(41)42)45-21-30-28(38-31(46-30)23-5-7-24(8-6-23)34(35,36)37)20-39-15-17-40(18-16-39)25-9-11-26(43-4)12-10-25/h5-14,19H,15-18,20-21H2,1-4H3,(H,41,42). The average molecular weight is 672 g/mol. The molecule has 7 nitrogen and oxygen atoms in total. The van der Waals surface area contributed by atoms with Gasteiger partial charge in [0.05, 0.1) is 18.4 Å². The van der Waals surface area contributed by atoms with Gasteiger partial charge in [-0.1, -0.05) is 12.1 Å². The van der Waals surface area contributed by atoms with Gasteiger partial charge in [-0.15, -0.1) is 23.1 Å². The van der Waals surface area contributed by atoms with Crippen LogP contribution in [0.15, 0.2) is 71.6 Å². The lowest BCUT2D eigenvalue weighted by Gasteiger charge is -2.36. The number of carbonyl (C=O) groups is 1. The fourth-order valence-electron chi connectivity index (χ4n) is 5.01. The fourth-order valence-corrected chi connectivity index (χ4v) is 7.18. The monoisotopic (exact) mass is 671 g/mol. The van der Waals surface area contributed by atoms with Crippen LogP contribution in [0, 0.1) is 6.92 Å². The second-order valence-electron chi connectivity index (χ2n) is 11.6. The number of thiazole rings is 1. The number of thioether (sulfide) groups is 1. The molecule has 0 radical (unpaired) electrons. The molecular weight excluding hydrogens is 636 g/mol. The number of hydrogen-bond acceptors (Lipinski definition) is 8. The number of nitrogens with zero attached hydrogens (tertiary/aromatic N) is 3. The summed E-state index contributed by atoms with van der Waals surface area (Å²) in [6, 6.07) is 18.9. The Labute approximate surface area is 275 Å². The number of carboxylic acid groups (broad SMARTS) is 1. The summed E-state index contributed by atoms with van der Waals surface area (Å²) in [6.45, 7) is 8.95. The summed E-state index contributed by atoms with van der Waals surface area (Å²) in [5.74, 6) is 0.907. The molecule has 12 heteroatoms. The Hall–Kier alpha value is -3.74. The number of aryl methyl sites for hydroxylation is 1. The molecule has 1 aliphatic rings. The molecule has 1 fully saturated rings. The van der Waals surface area contributed by atoms with Crippen LogP contribution in [0.1, 0.15) is 35.5 Å². The number of aliphatic carboxylic acids is 1. The lowest BCUT2D eigenvalue weighted by molar-refractivity contribution is -0.152. The number of piperazine rings is 1. The summed E-state index contributed by atoms with van der Waals surface area (Å²) in [6.07, 6.45) is -4.40. The maximum atomic E-state index is 13.2. The van der Waals surface area contributed by atoms with Gasteiger partial charge in [0.25, 0.3) is 0 Å². The third-order valence-corrected chi connectivity index (χ3v) is 10.2. The smallest absolute Gasteiger partial charge is 0.416 e. The van der Waals surface area contributed by atoms with Crippen molar-refractivity contribution in [3.8, 4) is 22.1 Å². The van der Waals surface area contributed by atoms with E-state index in [2.05, 4.69) is 21.9 Å². The van der Waals surface area contributed by atoms with Crippen molar-refractivity contribution in [3.05, 3.63) is 88.4 Å². The zero-order valence-electron chi connectivity index (χ0n) is 26.1. The predicted molar refractivity (Wildman–Crippen MR) is 176 cm³/mol. The molecule has 3 aromatic carbocycles. The van der Waals surface area contributed by atoms with E-state index in [0.717, 1.165) is 70.8 Å². The van der Waals surface area contributed by atoms with Gasteiger partial charge in [0.15, 0.2) is 5.60 Å². The molecule has 0 bridgehead atoms. The van der Waals surface area contributed by atoms with Crippen molar-refractivity contribution in [3.63, 3.8) is 0 Å². The highest BCUT2D eigenvalue weighted by Crippen LogP contribution is 2.37. The quantitative estimate of drug-likeness (QED) is 0.161.